The molecule has 1 aromatic carbocycles. The standard InChI is InChI=1S/C15H20N2O3/c1-10(16)15(18)17(12-5-6-12)9-11-3-2-4-13-14(11)20-8-7-19-13/h2-4,10,12H,5-9,16H2,1H3. The Labute approximate surface area is 118 Å². The number of nitrogens with two attached hydrogens (primary N) is 1. The molecule has 3 rings (SSSR count). The van der Waals surface area contributed by atoms with Crippen LogP contribution in [0.1, 0.15) is 25.3 Å². The largest absolute Gasteiger partial charge is 0.486 e. The van der Waals surface area contributed by atoms with Crippen LogP contribution in [0.15, 0.2) is 18.2 Å². The third-order valence-corrected chi connectivity index (χ3v) is 3.65. The summed E-state index contributed by atoms with van der Waals surface area (Å²) in [5.41, 5.74) is 6.74. The maximum atomic E-state index is 12.2. The summed E-state index contributed by atoms with van der Waals surface area (Å²) in [4.78, 5) is 14.1. The number of rotatable bonds is 4. The normalized spacial score (nSPS) is 18.5. The molecule has 0 aromatic heterocycles. The van der Waals surface area contributed by atoms with Crippen LogP contribution >= 0.6 is 0 Å². The first-order valence-electron chi connectivity index (χ1n) is 7.10. The van der Waals surface area contributed by atoms with Crippen molar-refractivity contribution in [1.82, 2.24) is 4.90 Å². The minimum Gasteiger partial charge on any atom is -0.486 e. The van der Waals surface area contributed by atoms with Gasteiger partial charge in [-0.1, -0.05) is 12.1 Å². The Balaban J connectivity index is 1.83. The number of amides is 1. The minimum atomic E-state index is -0.465. The maximum Gasteiger partial charge on any atom is 0.239 e. The van der Waals surface area contributed by atoms with Crippen LogP contribution in [-0.4, -0.2) is 36.1 Å². The molecule has 5 heteroatoms. The van der Waals surface area contributed by atoms with Gasteiger partial charge in [-0.2, -0.15) is 0 Å². The number of nitrogens with zero attached hydrogens (tertiary/aromatic N) is 1. The highest BCUT2D eigenvalue weighted by Gasteiger charge is 2.34. The van der Waals surface area contributed by atoms with Crippen molar-refractivity contribution < 1.29 is 14.3 Å². The van der Waals surface area contributed by atoms with Crippen molar-refractivity contribution in [3.8, 4) is 11.5 Å². The SMILES string of the molecule is CC(N)C(=O)N(Cc1cccc2c1OCCO2)C1CC1. The second-order valence-corrected chi connectivity index (χ2v) is 5.43. The van der Waals surface area contributed by atoms with Gasteiger partial charge in [-0.15, -0.1) is 0 Å². The molecule has 0 bridgehead atoms. The maximum absolute atomic E-state index is 12.2. The van der Waals surface area contributed by atoms with Crippen molar-refractivity contribution in [2.24, 2.45) is 5.73 Å². The van der Waals surface area contributed by atoms with E-state index in [1.165, 1.54) is 0 Å². The number of benzene rings is 1. The second kappa shape index (κ2) is 5.32. The zero-order valence-corrected chi connectivity index (χ0v) is 11.7. The van der Waals surface area contributed by atoms with Gasteiger partial charge in [-0.3, -0.25) is 4.79 Å². The number of carbonyl (C=O) groups excluding carboxylic acids is 1. The molecular formula is C15H20N2O3. The van der Waals surface area contributed by atoms with E-state index in [0.717, 1.165) is 29.9 Å². The Kier molecular flexibility index (Phi) is 3.53. The van der Waals surface area contributed by atoms with Crippen molar-refractivity contribution in [3.63, 3.8) is 0 Å². The van der Waals surface area contributed by atoms with E-state index in [1.807, 2.05) is 23.1 Å². The molecule has 108 valence electrons. The number of hydrogen-bond acceptors (Lipinski definition) is 4. The topological polar surface area (TPSA) is 64.8 Å². The van der Waals surface area contributed by atoms with Crippen molar-refractivity contribution in [2.75, 3.05) is 13.2 Å². The van der Waals surface area contributed by atoms with Crippen LogP contribution in [0.25, 0.3) is 0 Å². The quantitative estimate of drug-likeness (QED) is 0.900. The molecule has 1 aliphatic carbocycles. The summed E-state index contributed by atoms with van der Waals surface area (Å²) in [6.45, 7) is 3.39. The molecule has 5 nitrogen and oxygen atoms in total. The summed E-state index contributed by atoms with van der Waals surface area (Å²) in [5, 5.41) is 0. The average Bonchev–Trinajstić information content (AvgIpc) is 3.28. The van der Waals surface area contributed by atoms with Crippen molar-refractivity contribution in [3.05, 3.63) is 23.8 Å². The van der Waals surface area contributed by atoms with Crippen LogP contribution < -0.4 is 15.2 Å². The van der Waals surface area contributed by atoms with E-state index in [-0.39, 0.29) is 5.91 Å². The van der Waals surface area contributed by atoms with Gasteiger partial charge in [-0.25, -0.2) is 0 Å². The first kappa shape index (κ1) is 13.2. The first-order valence-corrected chi connectivity index (χ1v) is 7.10. The molecule has 1 heterocycles. The van der Waals surface area contributed by atoms with Gasteiger partial charge in [0.05, 0.1) is 6.04 Å². The van der Waals surface area contributed by atoms with Crippen LogP contribution in [0.5, 0.6) is 11.5 Å². The highest BCUT2D eigenvalue weighted by molar-refractivity contribution is 5.82. The van der Waals surface area contributed by atoms with E-state index in [4.69, 9.17) is 15.2 Å². The Morgan fingerprint density at radius 2 is 2.15 bits per heavy atom. The number of fused-ring (bicyclic) bond motifs is 1. The number of para-hydroxylation sites is 1. The van der Waals surface area contributed by atoms with Gasteiger partial charge < -0.3 is 20.1 Å². The first-order chi connectivity index (χ1) is 9.66. The summed E-state index contributed by atoms with van der Waals surface area (Å²) in [7, 11) is 0. The molecule has 1 fully saturated rings. The molecule has 2 aliphatic rings. The van der Waals surface area contributed by atoms with Gasteiger partial charge in [0, 0.05) is 18.2 Å². The van der Waals surface area contributed by atoms with Crippen molar-refractivity contribution >= 4 is 5.91 Å². The lowest BCUT2D eigenvalue weighted by atomic mass is 10.1. The fourth-order valence-electron chi connectivity index (χ4n) is 2.48. The fraction of sp³-hybridized carbons (Fsp3) is 0.533. The van der Waals surface area contributed by atoms with E-state index in [2.05, 4.69) is 0 Å². The zero-order chi connectivity index (χ0) is 14.1. The van der Waals surface area contributed by atoms with Gasteiger partial charge in [0.1, 0.15) is 13.2 Å². The molecule has 1 unspecified atom stereocenters. The minimum absolute atomic E-state index is 0.00170. The van der Waals surface area contributed by atoms with Crippen LogP contribution in [-0.2, 0) is 11.3 Å². The molecule has 1 aromatic rings. The molecule has 20 heavy (non-hydrogen) atoms. The Morgan fingerprint density at radius 3 is 2.85 bits per heavy atom. The molecule has 0 saturated heterocycles. The molecular weight excluding hydrogens is 256 g/mol. The summed E-state index contributed by atoms with van der Waals surface area (Å²) in [6, 6.07) is 5.68. The molecule has 1 atom stereocenters. The molecule has 1 amide bonds. The lowest BCUT2D eigenvalue weighted by molar-refractivity contribution is -0.133. The second-order valence-electron chi connectivity index (χ2n) is 5.43. The number of ether oxygens (including phenoxy) is 2. The lowest BCUT2D eigenvalue weighted by Gasteiger charge is -2.27. The van der Waals surface area contributed by atoms with Gasteiger partial charge in [0.15, 0.2) is 11.5 Å². The molecule has 0 radical (unpaired) electrons. The fourth-order valence-corrected chi connectivity index (χ4v) is 2.48. The predicted molar refractivity (Wildman–Crippen MR) is 74.7 cm³/mol. The summed E-state index contributed by atoms with van der Waals surface area (Å²) >= 11 is 0. The summed E-state index contributed by atoms with van der Waals surface area (Å²) < 4.78 is 11.3. The van der Waals surface area contributed by atoms with Crippen LogP contribution in [0.4, 0.5) is 0 Å². The third kappa shape index (κ3) is 2.58. The van der Waals surface area contributed by atoms with Crippen molar-refractivity contribution in [2.45, 2.75) is 38.4 Å². The summed E-state index contributed by atoms with van der Waals surface area (Å²) in [6.07, 6.45) is 2.12. The van der Waals surface area contributed by atoms with Gasteiger partial charge in [0.2, 0.25) is 5.91 Å². The Hall–Kier alpha value is -1.75. The zero-order valence-electron chi connectivity index (χ0n) is 11.7. The van der Waals surface area contributed by atoms with E-state index in [9.17, 15) is 4.79 Å². The monoisotopic (exact) mass is 276 g/mol. The van der Waals surface area contributed by atoms with E-state index < -0.39 is 6.04 Å². The van der Waals surface area contributed by atoms with Crippen LogP contribution in [0.3, 0.4) is 0 Å². The van der Waals surface area contributed by atoms with E-state index >= 15 is 0 Å². The highest BCUT2D eigenvalue weighted by atomic mass is 16.6. The lowest BCUT2D eigenvalue weighted by Crippen LogP contribution is -2.43. The number of hydrogen-bond donors (Lipinski definition) is 1. The molecule has 1 saturated carbocycles. The van der Waals surface area contributed by atoms with E-state index in [1.54, 1.807) is 6.92 Å². The molecule has 1 aliphatic heterocycles. The van der Waals surface area contributed by atoms with Crippen LogP contribution in [0.2, 0.25) is 0 Å². The predicted octanol–water partition coefficient (Wildman–Crippen LogP) is 1.30. The molecule has 2 N–H and O–H groups in total. The smallest absolute Gasteiger partial charge is 0.239 e. The number of carbonyl (C=O) groups is 1. The summed E-state index contributed by atoms with van der Waals surface area (Å²) in [5.74, 6) is 1.53. The highest BCUT2D eigenvalue weighted by Crippen LogP contribution is 2.36. The Bertz CT molecular complexity index is 512. The third-order valence-electron chi connectivity index (χ3n) is 3.65. The average molecular weight is 276 g/mol. The van der Waals surface area contributed by atoms with Gasteiger partial charge in [-0.05, 0) is 25.8 Å². The van der Waals surface area contributed by atoms with E-state index in [0.29, 0.717) is 25.8 Å². The van der Waals surface area contributed by atoms with Gasteiger partial charge in [0.25, 0.3) is 0 Å². The molecule has 0 spiro atoms. The van der Waals surface area contributed by atoms with Gasteiger partial charge >= 0.3 is 0 Å². The van der Waals surface area contributed by atoms with Crippen LogP contribution in [0, 0.1) is 0 Å². The van der Waals surface area contributed by atoms with Crippen molar-refractivity contribution in [1.29, 1.82) is 0 Å². The Morgan fingerprint density at radius 1 is 1.40 bits per heavy atom.